The Morgan fingerprint density at radius 2 is 1.61 bits per heavy atom. The minimum atomic E-state index is -0.138. The van der Waals surface area contributed by atoms with Crippen molar-refractivity contribution in [3.8, 4) is 28.9 Å². The van der Waals surface area contributed by atoms with E-state index in [1.165, 1.54) is 6.07 Å². The number of rotatable bonds is 7. The van der Waals surface area contributed by atoms with E-state index < -0.39 is 0 Å². The molecule has 0 aliphatic heterocycles. The number of ether oxygens (including phenoxy) is 1. The highest BCUT2D eigenvalue weighted by Gasteiger charge is 2.09. The molecule has 0 aliphatic rings. The van der Waals surface area contributed by atoms with Crippen LogP contribution in [0.5, 0.6) is 5.75 Å². The smallest absolute Gasteiger partial charge is 0.203 e. The molecule has 5 aromatic rings. The topological polar surface area (TPSA) is 93.7 Å². The van der Waals surface area contributed by atoms with Gasteiger partial charge in [0, 0.05) is 24.2 Å². The molecule has 174 valence electrons. The molecule has 0 atom stereocenters. The summed E-state index contributed by atoms with van der Waals surface area (Å²) in [7, 11) is 0. The lowest BCUT2D eigenvalue weighted by Gasteiger charge is -2.09. The van der Waals surface area contributed by atoms with Crippen LogP contribution >= 0.6 is 0 Å². The predicted molar refractivity (Wildman–Crippen MR) is 136 cm³/mol. The van der Waals surface area contributed by atoms with Crippen LogP contribution < -0.4 is 10.2 Å². The third-order valence-corrected chi connectivity index (χ3v) is 5.57. The van der Waals surface area contributed by atoms with Crippen molar-refractivity contribution in [2.45, 2.75) is 13.0 Å². The van der Waals surface area contributed by atoms with Gasteiger partial charge in [-0.25, -0.2) is 14.6 Å². The summed E-state index contributed by atoms with van der Waals surface area (Å²) in [5.41, 5.74) is 4.45. The Hall–Kier alpha value is -5.09. The van der Waals surface area contributed by atoms with Crippen LogP contribution in [-0.4, -0.2) is 19.7 Å². The van der Waals surface area contributed by atoms with E-state index in [1.807, 2.05) is 54.6 Å². The van der Waals surface area contributed by atoms with Crippen LogP contribution in [0.2, 0.25) is 0 Å². The molecule has 0 saturated carbocycles. The molecule has 2 aromatic heterocycles. The number of aromatic nitrogens is 4. The molecule has 0 aliphatic carbocycles. The van der Waals surface area contributed by atoms with Crippen molar-refractivity contribution < 1.29 is 4.74 Å². The number of hydrogen-bond acceptors (Lipinski definition) is 6. The highest BCUT2D eigenvalue weighted by Crippen LogP contribution is 2.20. The second-order valence-corrected chi connectivity index (χ2v) is 8.12. The van der Waals surface area contributed by atoms with Crippen molar-refractivity contribution in [1.82, 2.24) is 19.7 Å². The minimum Gasteiger partial charge on any atom is -0.486 e. The van der Waals surface area contributed by atoms with Gasteiger partial charge in [-0.3, -0.25) is 4.79 Å². The van der Waals surface area contributed by atoms with E-state index >= 15 is 0 Å². The summed E-state index contributed by atoms with van der Waals surface area (Å²) in [6.07, 6.45) is 5.31. The molecule has 0 radical (unpaired) electrons. The number of nitrogens with zero attached hydrogens (tertiary/aromatic N) is 5. The summed E-state index contributed by atoms with van der Waals surface area (Å²) in [4.78, 5) is 21.4. The highest BCUT2D eigenvalue weighted by molar-refractivity contribution is 5.56. The summed E-state index contributed by atoms with van der Waals surface area (Å²) in [5, 5.41) is 13.5. The van der Waals surface area contributed by atoms with E-state index in [0.29, 0.717) is 35.9 Å². The van der Waals surface area contributed by atoms with Crippen LogP contribution in [0.3, 0.4) is 0 Å². The predicted octanol–water partition coefficient (Wildman–Crippen LogP) is 4.73. The summed E-state index contributed by atoms with van der Waals surface area (Å²) in [6.45, 7) is 0.448. The first-order valence-corrected chi connectivity index (χ1v) is 11.4. The van der Waals surface area contributed by atoms with Gasteiger partial charge in [-0.05, 0) is 41.5 Å². The fourth-order valence-corrected chi connectivity index (χ4v) is 3.70. The summed E-state index contributed by atoms with van der Waals surface area (Å²) < 4.78 is 7.41. The maximum Gasteiger partial charge on any atom is 0.203 e. The van der Waals surface area contributed by atoms with Crippen molar-refractivity contribution in [2.24, 2.45) is 0 Å². The van der Waals surface area contributed by atoms with Crippen LogP contribution in [0.4, 0.5) is 0 Å². The summed E-state index contributed by atoms with van der Waals surface area (Å²) >= 11 is 0. The fraction of sp³-hybridized carbons (Fsp3) is 0.0690. The largest absolute Gasteiger partial charge is 0.486 e. The SMILES string of the molecule is N#Cc1ccc(-n2ccc(=O)c(Cc3cccc(-c4ncc(OCc5ccccc5)cn4)c3)n2)cc1. The van der Waals surface area contributed by atoms with Gasteiger partial charge in [0.25, 0.3) is 0 Å². The maximum absolute atomic E-state index is 12.5. The Morgan fingerprint density at radius 3 is 2.36 bits per heavy atom. The van der Waals surface area contributed by atoms with E-state index in [2.05, 4.69) is 21.1 Å². The second kappa shape index (κ2) is 10.5. The van der Waals surface area contributed by atoms with Crippen LogP contribution in [0, 0.1) is 11.3 Å². The zero-order chi connectivity index (χ0) is 24.7. The molecule has 0 N–H and O–H groups in total. The number of nitriles is 1. The van der Waals surface area contributed by atoms with Crippen LogP contribution in [0.25, 0.3) is 17.1 Å². The Kier molecular flexibility index (Phi) is 6.59. The standard InChI is InChI=1S/C29H21N5O2/c30-17-21-9-11-25(12-10-21)34-14-13-28(35)27(33-34)16-23-7-4-8-24(15-23)29-31-18-26(19-32-29)36-20-22-5-2-1-3-6-22/h1-15,18-19H,16,20H2. The Bertz CT molecular complexity index is 1570. The molecule has 5 rings (SSSR count). The summed E-state index contributed by atoms with van der Waals surface area (Å²) in [6, 6.07) is 28.3. The molecule has 7 nitrogen and oxygen atoms in total. The van der Waals surface area contributed by atoms with Crippen LogP contribution in [0.1, 0.15) is 22.4 Å². The molecule has 0 bridgehead atoms. The van der Waals surface area contributed by atoms with Crippen LogP contribution in [-0.2, 0) is 13.0 Å². The normalized spacial score (nSPS) is 10.5. The van der Waals surface area contributed by atoms with E-state index in [-0.39, 0.29) is 5.43 Å². The fourth-order valence-electron chi connectivity index (χ4n) is 3.70. The Morgan fingerprint density at radius 1 is 0.861 bits per heavy atom. The van der Waals surface area contributed by atoms with Crippen molar-refractivity contribution in [3.05, 3.63) is 136 Å². The molecule has 3 aromatic carbocycles. The van der Waals surface area contributed by atoms with Gasteiger partial charge in [0.05, 0.1) is 29.7 Å². The zero-order valence-corrected chi connectivity index (χ0v) is 19.3. The summed E-state index contributed by atoms with van der Waals surface area (Å²) in [5.74, 6) is 1.16. The van der Waals surface area contributed by atoms with Gasteiger partial charge >= 0.3 is 0 Å². The Balaban J connectivity index is 1.31. The zero-order valence-electron chi connectivity index (χ0n) is 19.3. The van der Waals surface area contributed by atoms with Gasteiger partial charge in [0.15, 0.2) is 11.6 Å². The van der Waals surface area contributed by atoms with Gasteiger partial charge in [-0.1, -0.05) is 48.5 Å². The minimum absolute atomic E-state index is 0.138. The first-order chi connectivity index (χ1) is 17.7. The molecule has 2 heterocycles. The maximum atomic E-state index is 12.5. The number of hydrogen-bond donors (Lipinski definition) is 0. The van der Waals surface area contributed by atoms with E-state index in [4.69, 9.17) is 10.00 Å². The number of benzene rings is 3. The first-order valence-electron chi connectivity index (χ1n) is 11.4. The van der Waals surface area contributed by atoms with Gasteiger partial charge in [-0.2, -0.15) is 10.4 Å². The molecular weight excluding hydrogens is 450 g/mol. The molecule has 0 unspecified atom stereocenters. The molecule has 0 amide bonds. The van der Waals surface area contributed by atoms with E-state index in [9.17, 15) is 4.79 Å². The second-order valence-electron chi connectivity index (χ2n) is 8.12. The van der Waals surface area contributed by atoms with Crippen LogP contribution in [0.15, 0.2) is 108 Å². The highest BCUT2D eigenvalue weighted by atomic mass is 16.5. The lowest BCUT2D eigenvalue weighted by Crippen LogP contribution is -2.16. The average Bonchev–Trinajstić information content (AvgIpc) is 2.94. The van der Waals surface area contributed by atoms with Crippen molar-refractivity contribution >= 4 is 0 Å². The Labute approximate surface area is 207 Å². The third-order valence-electron chi connectivity index (χ3n) is 5.57. The van der Waals surface area contributed by atoms with Crippen molar-refractivity contribution in [3.63, 3.8) is 0 Å². The van der Waals surface area contributed by atoms with E-state index in [0.717, 1.165) is 22.4 Å². The van der Waals surface area contributed by atoms with Gasteiger partial charge in [-0.15, -0.1) is 0 Å². The average molecular weight is 472 g/mol. The van der Waals surface area contributed by atoms with Gasteiger partial charge in [0.1, 0.15) is 12.3 Å². The lowest BCUT2D eigenvalue weighted by molar-refractivity contribution is 0.303. The van der Waals surface area contributed by atoms with Gasteiger partial charge in [0.2, 0.25) is 5.43 Å². The molecule has 0 fully saturated rings. The first kappa shape index (κ1) is 22.7. The van der Waals surface area contributed by atoms with Gasteiger partial charge < -0.3 is 4.74 Å². The monoisotopic (exact) mass is 471 g/mol. The quantitative estimate of drug-likeness (QED) is 0.341. The van der Waals surface area contributed by atoms with Crippen molar-refractivity contribution in [1.29, 1.82) is 5.26 Å². The van der Waals surface area contributed by atoms with E-state index in [1.54, 1.807) is 47.5 Å². The molecule has 7 heteroatoms. The third kappa shape index (κ3) is 5.34. The lowest BCUT2D eigenvalue weighted by atomic mass is 10.1. The molecule has 36 heavy (non-hydrogen) atoms. The van der Waals surface area contributed by atoms with Crippen molar-refractivity contribution in [2.75, 3.05) is 0 Å². The molecular formula is C29H21N5O2. The molecule has 0 saturated heterocycles. The molecule has 0 spiro atoms.